The summed E-state index contributed by atoms with van der Waals surface area (Å²) in [5.74, 6) is 0.245. The summed E-state index contributed by atoms with van der Waals surface area (Å²) in [6.07, 6.45) is 9.93. The lowest BCUT2D eigenvalue weighted by Crippen LogP contribution is -2.37. The maximum atomic E-state index is 12.3. The Balaban J connectivity index is 1.62. The molecule has 0 radical (unpaired) electrons. The van der Waals surface area contributed by atoms with E-state index in [2.05, 4.69) is 0 Å². The first-order valence-electron chi connectivity index (χ1n) is 9.03. The predicted molar refractivity (Wildman–Crippen MR) is 101 cm³/mol. The largest absolute Gasteiger partial charge is 0.339 e. The van der Waals surface area contributed by atoms with Crippen LogP contribution in [0.4, 0.5) is 5.69 Å². The molecular formula is C19H26N2O3S. The van der Waals surface area contributed by atoms with Crippen LogP contribution in [0.3, 0.4) is 0 Å². The van der Waals surface area contributed by atoms with Crippen molar-refractivity contribution in [3.05, 3.63) is 35.9 Å². The lowest BCUT2D eigenvalue weighted by molar-refractivity contribution is -0.127. The molecule has 0 atom stereocenters. The van der Waals surface area contributed by atoms with E-state index in [0.717, 1.165) is 18.4 Å². The summed E-state index contributed by atoms with van der Waals surface area (Å²) in [6, 6.07) is 7.67. The molecule has 1 saturated carbocycles. The van der Waals surface area contributed by atoms with Crippen LogP contribution >= 0.6 is 0 Å². The number of carbonyl (C=O) groups is 1. The van der Waals surface area contributed by atoms with Crippen molar-refractivity contribution in [2.45, 2.75) is 44.6 Å². The minimum atomic E-state index is -3.15. The van der Waals surface area contributed by atoms with E-state index in [1.807, 2.05) is 24.1 Å². The molecular weight excluding hydrogens is 336 g/mol. The third-order valence-electron chi connectivity index (χ3n) is 5.17. The van der Waals surface area contributed by atoms with Gasteiger partial charge in [-0.15, -0.1) is 0 Å². The van der Waals surface area contributed by atoms with E-state index in [-0.39, 0.29) is 11.7 Å². The van der Waals surface area contributed by atoms with Crippen molar-refractivity contribution >= 4 is 27.7 Å². The van der Waals surface area contributed by atoms with E-state index in [1.54, 1.807) is 24.3 Å². The van der Waals surface area contributed by atoms with Crippen molar-refractivity contribution in [3.8, 4) is 0 Å². The van der Waals surface area contributed by atoms with Gasteiger partial charge >= 0.3 is 0 Å². The number of carbonyl (C=O) groups excluding carboxylic acids is 1. The topological polar surface area (TPSA) is 57.7 Å². The Morgan fingerprint density at radius 3 is 2.40 bits per heavy atom. The summed E-state index contributed by atoms with van der Waals surface area (Å²) in [7, 11) is -1.27. The zero-order chi connectivity index (χ0) is 17.9. The van der Waals surface area contributed by atoms with Crippen LogP contribution in [0, 0.1) is 0 Å². The van der Waals surface area contributed by atoms with Gasteiger partial charge in [-0.1, -0.05) is 31.4 Å². The number of benzene rings is 1. The maximum absolute atomic E-state index is 12.3. The highest BCUT2D eigenvalue weighted by atomic mass is 32.2. The molecule has 25 heavy (non-hydrogen) atoms. The molecule has 6 heteroatoms. The fraction of sp³-hybridized carbons (Fsp3) is 0.526. The molecule has 2 fully saturated rings. The molecule has 1 aromatic carbocycles. The molecule has 1 saturated heterocycles. The first-order chi connectivity index (χ1) is 12.0. The van der Waals surface area contributed by atoms with Crippen LogP contribution in [-0.2, 0) is 14.8 Å². The van der Waals surface area contributed by atoms with Gasteiger partial charge in [-0.3, -0.25) is 9.10 Å². The van der Waals surface area contributed by atoms with Crippen LogP contribution in [-0.4, -0.2) is 44.6 Å². The molecule has 0 bridgehead atoms. The molecule has 1 heterocycles. The molecule has 1 amide bonds. The van der Waals surface area contributed by atoms with Crippen LogP contribution in [0.15, 0.2) is 30.3 Å². The van der Waals surface area contributed by atoms with E-state index >= 15 is 0 Å². The van der Waals surface area contributed by atoms with Crippen LogP contribution in [0.25, 0.3) is 6.08 Å². The lowest BCUT2D eigenvalue weighted by atomic mass is 9.94. The lowest BCUT2D eigenvalue weighted by Gasteiger charge is -2.30. The Morgan fingerprint density at radius 1 is 1.12 bits per heavy atom. The third kappa shape index (κ3) is 4.24. The molecule has 1 aliphatic carbocycles. The van der Waals surface area contributed by atoms with Gasteiger partial charge in [0.05, 0.1) is 11.4 Å². The van der Waals surface area contributed by atoms with Crippen molar-refractivity contribution in [3.63, 3.8) is 0 Å². The number of sulfonamides is 1. The zero-order valence-electron chi connectivity index (χ0n) is 14.7. The number of amides is 1. The molecule has 1 aromatic rings. The summed E-state index contributed by atoms with van der Waals surface area (Å²) in [5, 5.41) is 0. The minimum Gasteiger partial charge on any atom is -0.339 e. The first kappa shape index (κ1) is 18.0. The Labute approximate surface area is 150 Å². The van der Waals surface area contributed by atoms with Crippen molar-refractivity contribution in [1.29, 1.82) is 0 Å². The second-order valence-corrected chi connectivity index (χ2v) is 8.92. The number of nitrogens with zero attached hydrogens (tertiary/aromatic N) is 2. The average molecular weight is 362 g/mol. The standard InChI is InChI=1S/C19H26N2O3S/c1-20(17-6-3-2-4-7-17)19(22)13-10-16-8-11-18(12-9-16)21-14-5-15-25(21,23)24/h8-13,17H,2-7,14-15H2,1H3/b13-10+. The van der Waals surface area contributed by atoms with Crippen molar-refractivity contribution in [1.82, 2.24) is 4.90 Å². The van der Waals surface area contributed by atoms with E-state index in [4.69, 9.17) is 0 Å². The average Bonchev–Trinajstić information content (AvgIpc) is 2.99. The highest BCUT2D eigenvalue weighted by Gasteiger charge is 2.28. The molecule has 3 rings (SSSR count). The van der Waals surface area contributed by atoms with Crippen LogP contribution < -0.4 is 4.31 Å². The van der Waals surface area contributed by atoms with E-state index < -0.39 is 10.0 Å². The van der Waals surface area contributed by atoms with Crippen molar-refractivity contribution in [2.24, 2.45) is 0 Å². The Kier molecular flexibility index (Phi) is 5.47. The van der Waals surface area contributed by atoms with Gasteiger partial charge in [0, 0.05) is 25.7 Å². The minimum absolute atomic E-state index is 0.0260. The Morgan fingerprint density at radius 2 is 1.80 bits per heavy atom. The van der Waals surface area contributed by atoms with Gasteiger partial charge < -0.3 is 4.90 Å². The van der Waals surface area contributed by atoms with Gasteiger partial charge in [0.1, 0.15) is 0 Å². The van der Waals surface area contributed by atoms with Crippen molar-refractivity contribution in [2.75, 3.05) is 23.7 Å². The molecule has 2 aliphatic rings. The van der Waals surface area contributed by atoms with Crippen LogP contribution in [0.2, 0.25) is 0 Å². The van der Waals surface area contributed by atoms with Gasteiger partial charge in [-0.05, 0) is 43.0 Å². The van der Waals surface area contributed by atoms with Gasteiger partial charge in [0.15, 0.2) is 0 Å². The second-order valence-electron chi connectivity index (χ2n) is 6.91. The molecule has 5 nitrogen and oxygen atoms in total. The fourth-order valence-corrected chi connectivity index (χ4v) is 5.18. The Hall–Kier alpha value is -1.82. The highest BCUT2D eigenvalue weighted by Crippen LogP contribution is 2.25. The van der Waals surface area contributed by atoms with Crippen molar-refractivity contribution < 1.29 is 13.2 Å². The molecule has 0 unspecified atom stereocenters. The van der Waals surface area contributed by atoms with Gasteiger partial charge in [0.25, 0.3) is 0 Å². The molecule has 0 aromatic heterocycles. The maximum Gasteiger partial charge on any atom is 0.246 e. The summed E-state index contributed by atoms with van der Waals surface area (Å²) in [4.78, 5) is 14.2. The summed E-state index contributed by atoms with van der Waals surface area (Å²) in [5.41, 5.74) is 1.59. The third-order valence-corrected chi connectivity index (χ3v) is 7.04. The number of hydrogen-bond acceptors (Lipinski definition) is 3. The monoisotopic (exact) mass is 362 g/mol. The fourth-order valence-electron chi connectivity index (χ4n) is 3.61. The molecule has 0 N–H and O–H groups in total. The zero-order valence-corrected chi connectivity index (χ0v) is 15.5. The van der Waals surface area contributed by atoms with Gasteiger partial charge in [-0.25, -0.2) is 8.42 Å². The SMILES string of the molecule is CN(C(=O)/C=C/c1ccc(N2CCCS2(=O)=O)cc1)C1CCCCC1. The van der Waals surface area contributed by atoms with Gasteiger partial charge in [-0.2, -0.15) is 0 Å². The number of anilines is 1. The van der Waals surface area contributed by atoms with E-state index in [0.29, 0.717) is 24.7 Å². The second kappa shape index (κ2) is 7.60. The number of likely N-dealkylation sites (N-methyl/N-ethyl adjacent to an activating group) is 1. The summed E-state index contributed by atoms with van der Waals surface area (Å²) in [6.45, 7) is 0.544. The summed E-state index contributed by atoms with van der Waals surface area (Å²) >= 11 is 0. The molecule has 0 spiro atoms. The van der Waals surface area contributed by atoms with E-state index in [9.17, 15) is 13.2 Å². The number of hydrogen-bond donors (Lipinski definition) is 0. The number of rotatable bonds is 4. The smallest absolute Gasteiger partial charge is 0.246 e. The predicted octanol–water partition coefficient (Wildman–Crippen LogP) is 3.03. The Bertz CT molecular complexity index is 734. The molecule has 1 aliphatic heterocycles. The molecule has 136 valence electrons. The van der Waals surface area contributed by atoms with E-state index in [1.165, 1.54) is 23.6 Å². The van der Waals surface area contributed by atoms with Crippen LogP contribution in [0.1, 0.15) is 44.1 Å². The van der Waals surface area contributed by atoms with Crippen LogP contribution in [0.5, 0.6) is 0 Å². The quantitative estimate of drug-likeness (QED) is 0.774. The summed E-state index contributed by atoms with van der Waals surface area (Å²) < 4.78 is 25.4. The highest BCUT2D eigenvalue weighted by molar-refractivity contribution is 7.93. The first-order valence-corrected chi connectivity index (χ1v) is 10.6. The normalized spacial score (nSPS) is 20.9. The van der Waals surface area contributed by atoms with Gasteiger partial charge in [0.2, 0.25) is 15.9 Å².